The maximum absolute atomic E-state index is 10.2. The topological polar surface area (TPSA) is 71.8 Å². The van der Waals surface area contributed by atoms with Crippen LogP contribution in [-0.2, 0) is 6.42 Å². The minimum atomic E-state index is -1.31. The molecule has 2 atom stereocenters. The summed E-state index contributed by atoms with van der Waals surface area (Å²) in [6, 6.07) is 7.66. The highest BCUT2D eigenvalue weighted by atomic mass is 16.5. The molecule has 5 nitrogen and oxygen atoms in total. The van der Waals surface area contributed by atoms with Crippen LogP contribution in [0.4, 0.5) is 0 Å². The molecule has 0 bridgehead atoms. The normalized spacial score (nSPS) is 20.3. The van der Waals surface area contributed by atoms with Crippen molar-refractivity contribution in [1.29, 1.82) is 0 Å². The van der Waals surface area contributed by atoms with Gasteiger partial charge in [0.1, 0.15) is 17.5 Å². The van der Waals surface area contributed by atoms with Gasteiger partial charge < -0.3 is 19.7 Å². The first-order valence-corrected chi connectivity index (χ1v) is 6.52. The molecule has 2 aromatic rings. The summed E-state index contributed by atoms with van der Waals surface area (Å²) >= 11 is 0. The number of pyridine rings is 1. The average Bonchev–Trinajstić information content (AvgIpc) is 2.88. The lowest BCUT2D eigenvalue weighted by Gasteiger charge is -2.26. The smallest absolute Gasteiger partial charge is 0.221 e. The first-order chi connectivity index (χ1) is 9.56. The molecule has 2 N–H and O–H groups in total. The number of ether oxygens (including phenoxy) is 2. The fourth-order valence-corrected chi connectivity index (χ4v) is 2.52. The van der Waals surface area contributed by atoms with E-state index in [0.717, 1.165) is 22.2 Å². The second-order valence-corrected chi connectivity index (χ2v) is 5.27. The van der Waals surface area contributed by atoms with Crippen LogP contribution in [-0.4, -0.2) is 40.6 Å². The van der Waals surface area contributed by atoms with Crippen LogP contribution in [0.1, 0.15) is 12.5 Å². The Hall–Kier alpha value is -1.85. The summed E-state index contributed by atoms with van der Waals surface area (Å²) < 4.78 is 11.2. The molecule has 0 radical (unpaired) electrons. The van der Waals surface area contributed by atoms with Gasteiger partial charge in [0.05, 0.1) is 24.8 Å². The second kappa shape index (κ2) is 4.61. The van der Waals surface area contributed by atoms with Crippen molar-refractivity contribution in [2.24, 2.45) is 0 Å². The van der Waals surface area contributed by atoms with Crippen molar-refractivity contribution < 1.29 is 19.7 Å². The quantitative estimate of drug-likeness (QED) is 0.883. The van der Waals surface area contributed by atoms with Crippen LogP contribution in [0.5, 0.6) is 11.6 Å². The molecule has 1 aromatic heterocycles. The van der Waals surface area contributed by atoms with Crippen LogP contribution in [0.25, 0.3) is 10.9 Å². The molecule has 1 aliphatic rings. The first kappa shape index (κ1) is 13.1. The predicted molar refractivity (Wildman–Crippen MR) is 74.1 cm³/mol. The van der Waals surface area contributed by atoms with Gasteiger partial charge in [-0.2, -0.15) is 0 Å². The third-order valence-electron chi connectivity index (χ3n) is 3.76. The van der Waals surface area contributed by atoms with E-state index in [1.807, 2.05) is 24.3 Å². The Kier molecular flexibility index (Phi) is 3.03. The molecule has 0 aliphatic carbocycles. The highest BCUT2D eigenvalue weighted by Gasteiger charge is 2.40. The van der Waals surface area contributed by atoms with E-state index in [0.29, 0.717) is 12.3 Å². The molecule has 3 rings (SSSR count). The zero-order valence-electron chi connectivity index (χ0n) is 11.5. The molecule has 0 amide bonds. The summed E-state index contributed by atoms with van der Waals surface area (Å²) in [5, 5.41) is 20.3. The molecule has 5 heteroatoms. The number of hydrogen-bond acceptors (Lipinski definition) is 5. The highest BCUT2D eigenvalue weighted by Crippen LogP contribution is 2.41. The second-order valence-electron chi connectivity index (χ2n) is 5.27. The molecule has 2 heterocycles. The van der Waals surface area contributed by atoms with Gasteiger partial charge in [0.25, 0.3) is 0 Å². The Labute approximate surface area is 116 Å². The first-order valence-electron chi connectivity index (χ1n) is 6.52. The van der Waals surface area contributed by atoms with E-state index in [2.05, 4.69) is 4.98 Å². The standard InChI is InChI=1S/C15H17NO4/c1-15(18,8-17)12-7-10-13(19-2)9-5-3-4-6-11(9)16-14(10)20-12/h3-6,12,17-18H,7-8H2,1-2H3/t12-,15-/m1/s1. The van der Waals surface area contributed by atoms with Crippen LogP contribution in [0.3, 0.4) is 0 Å². The minimum absolute atomic E-state index is 0.368. The van der Waals surface area contributed by atoms with Crippen molar-refractivity contribution >= 4 is 10.9 Å². The van der Waals surface area contributed by atoms with Gasteiger partial charge in [0.2, 0.25) is 5.88 Å². The highest BCUT2D eigenvalue weighted by molar-refractivity contribution is 5.87. The molecule has 0 fully saturated rings. The number of benzene rings is 1. The molecule has 0 unspecified atom stereocenters. The average molecular weight is 275 g/mol. The SMILES string of the molecule is COc1c2c(nc3ccccc13)O[C@@H]([C@](C)(O)CO)C2. The molecular weight excluding hydrogens is 258 g/mol. The third-order valence-corrected chi connectivity index (χ3v) is 3.76. The maximum atomic E-state index is 10.2. The van der Waals surface area contributed by atoms with Crippen LogP contribution >= 0.6 is 0 Å². The number of fused-ring (bicyclic) bond motifs is 2. The van der Waals surface area contributed by atoms with E-state index in [1.165, 1.54) is 0 Å². The van der Waals surface area contributed by atoms with Crippen LogP contribution in [0.15, 0.2) is 24.3 Å². The van der Waals surface area contributed by atoms with E-state index in [1.54, 1.807) is 14.0 Å². The van der Waals surface area contributed by atoms with Crippen molar-refractivity contribution in [2.45, 2.75) is 25.0 Å². The van der Waals surface area contributed by atoms with Gasteiger partial charge in [-0.05, 0) is 19.1 Å². The van der Waals surface area contributed by atoms with Crippen molar-refractivity contribution in [3.05, 3.63) is 29.8 Å². The van der Waals surface area contributed by atoms with Gasteiger partial charge in [0, 0.05) is 11.8 Å². The summed E-state index contributed by atoms with van der Waals surface area (Å²) in [6.07, 6.45) is -0.0649. The van der Waals surface area contributed by atoms with Crippen molar-refractivity contribution in [2.75, 3.05) is 13.7 Å². The molecule has 0 saturated carbocycles. The van der Waals surface area contributed by atoms with Crippen LogP contribution in [0.2, 0.25) is 0 Å². The molecule has 1 aliphatic heterocycles. The lowest BCUT2D eigenvalue weighted by molar-refractivity contribution is -0.0738. The Morgan fingerprint density at radius 2 is 2.20 bits per heavy atom. The molecule has 0 spiro atoms. The molecular formula is C15H17NO4. The zero-order valence-corrected chi connectivity index (χ0v) is 11.5. The van der Waals surface area contributed by atoms with E-state index < -0.39 is 11.7 Å². The molecule has 0 saturated heterocycles. The van der Waals surface area contributed by atoms with Crippen molar-refractivity contribution in [3.8, 4) is 11.6 Å². The lowest BCUT2D eigenvalue weighted by Crippen LogP contribution is -2.45. The van der Waals surface area contributed by atoms with Gasteiger partial charge in [-0.3, -0.25) is 0 Å². The van der Waals surface area contributed by atoms with Crippen molar-refractivity contribution in [3.63, 3.8) is 0 Å². The summed E-state index contributed by atoms with van der Waals surface area (Å²) in [4.78, 5) is 4.47. The molecule has 20 heavy (non-hydrogen) atoms. The predicted octanol–water partition coefficient (Wildman–Crippen LogP) is 1.29. The van der Waals surface area contributed by atoms with E-state index in [-0.39, 0.29) is 6.61 Å². The van der Waals surface area contributed by atoms with E-state index in [9.17, 15) is 10.2 Å². The summed E-state index contributed by atoms with van der Waals surface area (Å²) in [7, 11) is 1.61. The maximum Gasteiger partial charge on any atom is 0.221 e. The fraction of sp³-hybridized carbons (Fsp3) is 0.400. The molecule has 106 valence electrons. The number of para-hydroxylation sites is 1. The Morgan fingerprint density at radius 3 is 2.90 bits per heavy atom. The van der Waals surface area contributed by atoms with E-state index >= 15 is 0 Å². The third kappa shape index (κ3) is 1.90. The zero-order chi connectivity index (χ0) is 14.3. The number of hydrogen-bond donors (Lipinski definition) is 2. The van der Waals surface area contributed by atoms with Crippen LogP contribution in [0, 0.1) is 0 Å². The minimum Gasteiger partial charge on any atom is -0.496 e. The summed E-state index contributed by atoms with van der Waals surface area (Å²) in [6.45, 7) is 1.18. The van der Waals surface area contributed by atoms with Gasteiger partial charge >= 0.3 is 0 Å². The van der Waals surface area contributed by atoms with Crippen molar-refractivity contribution in [1.82, 2.24) is 4.98 Å². The number of aliphatic hydroxyl groups is 2. The van der Waals surface area contributed by atoms with Crippen LogP contribution < -0.4 is 9.47 Å². The Balaban J connectivity index is 2.12. The number of aliphatic hydroxyl groups excluding tert-OH is 1. The Bertz CT molecular complexity index is 654. The summed E-state index contributed by atoms with van der Waals surface area (Å²) in [5.74, 6) is 1.20. The van der Waals surface area contributed by atoms with Gasteiger partial charge in [-0.25, -0.2) is 4.98 Å². The summed E-state index contributed by atoms with van der Waals surface area (Å²) in [5.41, 5.74) is 0.315. The fourth-order valence-electron chi connectivity index (χ4n) is 2.52. The number of aromatic nitrogens is 1. The lowest BCUT2D eigenvalue weighted by atomic mass is 9.95. The van der Waals surface area contributed by atoms with Gasteiger partial charge in [-0.15, -0.1) is 0 Å². The monoisotopic (exact) mass is 275 g/mol. The number of rotatable bonds is 3. The van der Waals surface area contributed by atoms with Gasteiger partial charge in [0.15, 0.2) is 0 Å². The number of nitrogens with zero attached hydrogens (tertiary/aromatic N) is 1. The van der Waals surface area contributed by atoms with E-state index in [4.69, 9.17) is 9.47 Å². The largest absolute Gasteiger partial charge is 0.496 e. The Morgan fingerprint density at radius 1 is 1.45 bits per heavy atom. The van der Waals surface area contributed by atoms with Gasteiger partial charge in [-0.1, -0.05) is 12.1 Å². The molecule has 1 aromatic carbocycles. The number of methoxy groups -OCH3 is 1.